The van der Waals surface area contributed by atoms with Gasteiger partial charge in [-0.15, -0.1) is 0 Å². The zero-order valence-electron chi connectivity index (χ0n) is 18.6. The molecule has 0 radical (unpaired) electrons. The van der Waals surface area contributed by atoms with E-state index in [-0.39, 0.29) is 24.5 Å². The molecule has 0 saturated carbocycles. The number of unbranched alkanes of at least 4 members (excludes halogenated alkanes) is 2. The number of aromatic nitrogens is 1. The van der Waals surface area contributed by atoms with Gasteiger partial charge >= 0.3 is 5.97 Å². The van der Waals surface area contributed by atoms with Crippen molar-refractivity contribution in [3.05, 3.63) is 53.2 Å². The average molecular weight is 457 g/mol. The highest BCUT2D eigenvalue weighted by Crippen LogP contribution is 2.49. The zero-order chi connectivity index (χ0) is 22.5. The predicted molar refractivity (Wildman–Crippen MR) is 126 cm³/mol. The fraction of sp³-hybridized carbons (Fsp3) is 0.560. The molecule has 172 valence electrons. The number of ether oxygens (including phenoxy) is 1. The minimum absolute atomic E-state index is 0.136. The van der Waals surface area contributed by atoms with E-state index in [1.54, 1.807) is 6.26 Å². The molecule has 2 bridgehead atoms. The third kappa shape index (κ3) is 5.38. The Labute approximate surface area is 194 Å². The van der Waals surface area contributed by atoms with Crippen molar-refractivity contribution >= 4 is 23.2 Å². The van der Waals surface area contributed by atoms with E-state index in [2.05, 4.69) is 24.4 Å². The number of thiocarbonyl (C=S) groups is 1. The van der Waals surface area contributed by atoms with E-state index in [0.717, 1.165) is 43.7 Å². The summed E-state index contributed by atoms with van der Waals surface area (Å²) < 4.78 is 12.2. The maximum Gasteiger partial charge on any atom is 0.303 e. The van der Waals surface area contributed by atoms with Crippen LogP contribution in [0.2, 0.25) is 0 Å². The van der Waals surface area contributed by atoms with Crippen molar-refractivity contribution < 1.29 is 19.1 Å². The number of carbonyl (C=O) groups is 1. The van der Waals surface area contributed by atoms with Crippen molar-refractivity contribution in [2.45, 2.75) is 76.4 Å². The molecule has 4 rings (SSSR count). The minimum atomic E-state index is -0.767. The predicted octanol–water partition coefficient (Wildman–Crippen LogP) is 4.65. The molecule has 2 N–H and O–H groups in total. The molecule has 2 fully saturated rings. The first-order chi connectivity index (χ1) is 15.5. The third-order valence-electron chi connectivity index (χ3n) is 6.65. The van der Waals surface area contributed by atoms with E-state index >= 15 is 0 Å². The molecule has 2 aromatic rings. The van der Waals surface area contributed by atoms with E-state index in [1.807, 2.05) is 12.1 Å². The van der Waals surface area contributed by atoms with E-state index < -0.39 is 5.97 Å². The highest BCUT2D eigenvalue weighted by atomic mass is 32.1. The fourth-order valence-electron chi connectivity index (χ4n) is 4.95. The number of carboxylic acid groups (broad SMARTS) is 1. The quantitative estimate of drug-likeness (QED) is 0.376. The Kier molecular flexibility index (Phi) is 7.58. The normalized spacial score (nSPS) is 24.0. The molecule has 1 aromatic heterocycles. The number of fused-ring (bicyclic) bond motifs is 2. The molecule has 6 nitrogen and oxygen atoms in total. The van der Waals surface area contributed by atoms with Crippen LogP contribution in [0.5, 0.6) is 0 Å². The van der Waals surface area contributed by atoms with Crippen LogP contribution in [0, 0.1) is 5.92 Å². The Morgan fingerprint density at radius 1 is 1.19 bits per heavy atom. The van der Waals surface area contributed by atoms with Gasteiger partial charge in [0.05, 0.1) is 18.1 Å². The lowest BCUT2D eigenvalue weighted by Gasteiger charge is -2.25. The molecular formula is C25H32N2O4S. The molecular weight excluding hydrogens is 424 g/mol. The highest BCUT2D eigenvalue weighted by molar-refractivity contribution is 7.80. The van der Waals surface area contributed by atoms with E-state index in [9.17, 15) is 4.79 Å². The molecule has 2 aliphatic rings. The Morgan fingerprint density at radius 3 is 2.69 bits per heavy atom. The number of carboxylic acids is 1. The Balaban J connectivity index is 1.41. The van der Waals surface area contributed by atoms with Crippen LogP contribution in [0.4, 0.5) is 0 Å². The molecule has 3 heterocycles. The first kappa shape index (κ1) is 22.9. The molecule has 0 amide bonds. The molecule has 0 aliphatic carbocycles. The maximum absolute atomic E-state index is 10.8. The van der Waals surface area contributed by atoms with Gasteiger partial charge in [-0.2, -0.15) is 0 Å². The molecule has 4 unspecified atom stereocenters. The van der Waals surface area contributed by atoms with Crippen molar-refractivity contribution in [1.82, 2.24) is 10.3 Å². The number of rotatable bonds is 11. The number of hydrogen-bond acceptors (Lipinski definition) is 5. The maximum atomic E-state index is 10.8. The van der Waals surface area contributed by atoms with Crippen molar-refractivity contribution in [2.24, 2.45) is 5.92 Å². The number of nitrogens with one attached hydrogen (secondary N) is 1. The molecule has 2 aliphatic heterocycles. The summed E-state index contributed by atoms with van der Waals surface area (Å²) in [4.78, 5) is 16.2. The number of oxazole rings is 1. The lowest BCUT2D eigenvalue weighted by atomic mass is 9.76. The Morgan fingerprint density at radius 2 is 1.94 bits per heavy atom. The summed E-state index contributed by atoms with van der Waals surface area (Å²) >= 11 is 5.51. The second-order valence-corrected chi connectivity index (χ2v) is 9.34. The van der Waals surface area contributed by atoms with Crippen LogP contribution in [0.3, 0.4) is 0 Å². The van der Waals surface area contributed by atoms with Crippen molar-refractivity contribution in [1.29, 1.82) is 0 Å². The van der Waals surface area contributed by atoms with Gasteiger partial charge in [-0.05, 0) is 43.2 Å². The standard InChI is InChI=1S/C25H32N2O4S/c1-2-3-4-13-26-25(32)19-15-30-24(27-19)23-18(20-10-11-21(23)31-20)14-17-7-5-16(6-8-17)9-12-22(28)29/h5-8,15,18,20-21,23H,2-4,9-14H2,1H3,(H,26,32)(H,28,29). The molecule has 4 atom stereocenters. The monoisotopic (exact) mass is 456 g/mol. The smallest absolute Gasteiger partial charge is 0.303 e. The van der Waals surface area contributed by atoms with Gasteiger partial charge in [-0.3, -0.25) is 4.79 Å². The molecule has 1 aromatic carbocycles. The summed E-state index contributed by atoms with van der Waals surface area (Å²) in [5.41, 5.74) is 2.99. The minimum Gasteiger partial charge on any atom is -0.481 e. The number of aliphatic carboxylic acids is 1. The summed E-state index contributed by atoms with van der Waals surface area (Å²) in [6.45, 7) is 3.04. The second-order valence-electron chi connectivity index (χ2n) is 8.93. The number of nitrogens with zero attached hydrogens (tertiary/aromatic N) is 1. The third-order valence-corrected chi connectivity index (χ3v) is 7.01. The van der Waals surface area contributed by atoms with Crippen LogP contribution in [-0.4, -0.2) is 39.8 Å². The summed E-state index contributed by atoms with van der Waals surface area (Å²) in [5.74, 6) is 0.415. The number of benzene rings is 1. The van der Waals surface area contributed by atoms with Crippen molar-refractivity contribution in [3.8, 4) is 0 Å². The highest BCUT2D eigenvalue weighted by Gasteiger charge is 2.51. The Hall–Kier alpha value is -2.25. The first-order valence-electron chi connectivity index (χ1n) is 11.7. The average Bonchev–Trinajstić information content (AvgIpc) is 3.52. The van der Waals surface area contributed by atoms with Crippen LogP contribution in [-0.2, 0) is 22.4 Å². The topological polar surface area (TPSA) is 84.6 Å². The van der Waals surface area contributed by atoms with Gasteiger partial charge in [-0.1, -0.05) is 56.2 Å². The summed E-state index contributed by atoms with van der Waals surface area (Å²) in [5, 5.41) is 12.2. The molecule has 0 spiro atoms. The van der Waals surface area contributed by atoms with Gasteiger partial charge in [-0.25, -0.2) is 4.98 Å². The summed E-state index contributed by atoms with van der Waals surface area (Å²) in [7, 11) is 0. The van der Waals surface area contributed by atoms with Crippen LogP contribution < -0.4 is 5.32 Å². The van der Waals surface area contributed by atoms with Crippen molar-refractivity contribution in [3.63, 3.8) is 0 Å². The van der Waals surface area contributed by atoms with Crippen molar-refractivity contribution in [2.75, 3.05) is 6.54 Å². The second kappa shape index (κ2) is 10.6. The van der Waals surface area contributed by atoms with Gasteiger partial charge in [0.15, 0.2) is 0 Å². The lowest BCUT2D eigenvalue weighted by molar-refractivity contribution is -0.136. The fourth-order valence-corrected chi connectivity index (χ4v) is 5.15. The summed E-state index contributed by atoms with van der Waals surface area (Å²) in [6, 6.07) is 8.29. The van der Waals surface area contributed by atoms with Gasteiger partial charge < -0.3 is 19.6 Å². The van der Waals surface area contributed by atoms with Gasteiger partial charge in [0.1, 0.15) is 16.9 Å². The van der Waals surface area contributed by atoms with E-state index in [1.165, 1.54) is 18.4 Å². The largest absolute Gasteiger partial charge is 0.481 e. The van der Waals surface area contributed by atoms with E-state index in [4.69, 9.17) is 31.5 Å². The van der Waals surface area contributed by atoms with Gasteiger partial charge in [0, 0.05) is 18.9 Å². The van der Waals surface area contributed by atoms with Crippen LogP contribution >= 0.6 is 12.2 Å². The van der Waals surface area contributed by atoms with Crippen LogP contribution in [0.15, 0.2) is 34.9 Å². The number of aryl methyl sites for hydroxylation is 1. The molecule has 7 heteroatoms. The van der Waals surface area contributed by atoms with Gasteiger partial charge in [0.2, 0.25) is 5.89 Å². The SMILES string of the molecule is CCCCCNC(=S)c1coc(C2C3CCC(O3)C2Cc2ccc(CCC(=O)O)cc2)n1. The number of hydrogen-bond donors (Lipinski definition) is 2. The molecule has 32 heavy (non-hydrogen) atoms. The first-order valence-corrected chi connectivity index (χ1v) is 12.1. The van der Waals surface area contributed by atoms with Gasteiger partial charge in [0.25, 0.3) is 0 Å². The van der Waals surface area contributed by atoms with E-state index in [0.29, 0.717) is 23.0 Å². The Bertz CT molecular complexity index is 926. The van der Waals surface area contributed by atoms with Crippen LogP contribution in [0.1, 0.15) is 74.1 Å². The van der Waals surface area contributed by atoms with Crippen LogP contribution in [0.25, 0.3) is 0 Å². The summed E-state index contributed by atoms with van der Waals surface area (Å²) in [6.07, 6.45) is 9.23. The zero-order valence-corrected chi connectivity index (χ0v) is 19.4. The lowest BCUT2D eigenvalue weighted by Crippen LogP contribution is -2.28. The molecule has 2 saturated heterocycles.